The number of anilines is 1. The van der Waals surface area contributed by atoms with E-state index in [0.717, 1.165) is 29.1 Å². The first-order valence-electron chi connectivity index (χ1n) is 5.93. The molecule has 4 nitrogen and oxygen atoms in total. The van der Waals surface area contributed by atoms with E-state index in [2.05, 4.69) is 9.97 Å². The monoisotopic (exact) mass is 243 g/mol. The molecule has 94 valence electrons. The summed E-state index contributed by atoms with van der Waals surface area (Å²) in [5.41, 5.74) is 9.57. The van der Waals surface area contributed by atoms with Crippen molar-refractivity contribution in [3.63, 3.8) is 0 Å². The molecule has 4 heteroatoms. The van der Waals surface area contributed by atoms with Gasteiger partial charge in [-0.2, -0.15) is 0 Å². The van der Waals surface area contributed by atoms with Crippen molar-refractivity contribution in [2.24, 2.45) is 0 Å². The number of hydrogen-bond acceptors (Lipinski definition) is 4. The second-order valence-electron chi connectivity index (χ2n) is 4.18. The fourth-order valence-electron chi connectivity index (χ4n) is 1.62. The van der Waals surface area contributed by atoms with Crippen molar-refractivity contribution in [2.75, 3.05) is 12.3 Å². The van der Waals surface area contributed by atoms with E-state index in [0.29, 0.717) is 12.5 Å². The van der Waals surface area contributed by atoms with Crippen LogP contribution in [0.3, 0.4) is 0 Å². The van der Waals surface area contributed by atoms with Gasteiger partial charge in [-0.1, -0.05) is 18.2 Å². The molecule has 1 aromatic heterocycles. The third-order valence-corrected chi connectivity index (χ3v) is 2.85. The minimum absolute atomic E-state index is 0.547. The van der Waals surface area contributed by atoms with Gasteiger partial charge in [0.05, 0.1) is 24.2 Å². The van der Waals surface area contributed by atoms with E-state index in [-0.39, 0.29) is 0 Å². The number of hydrogen-bond donors (Lipinski definition) is 1. The van der Waals surface area contributed by atoms with Gasteiger partial charge in [0.1, 0.15) is 0 Å². The average molecular weight is 243 g/mol. The fraction of sp³-hybridized carbons (Fsp3) is 0.286. The zero-order chi connectivity index (χ0) is 13.0. The van der Waals surface area contributed by atoms with E-state index < -0.39 is 0 Å². The van der Waals surface area contributed by atoms with E-state index in [4.69, 9.17) is 10.5 Å². The van der Waals surface area contributed by atoms with Gasteiger partial charge in [-0.25, -0.2) is 4.98 Å². The number of nitrogens with two attached hydrogens (primary N) is 1. The van der Waals surface area contributed by atoms with Crippen LogP contribution in [0.25, 0.3) is 0 Å². The van der Waals surface area contributed by atoms with Gasteiger partial charge in [0.2, 0.25) is 5.88 Å². The van der Waals surface area contributed by atoms with Crippen LogP contribution in [-0.4, -0.2) is 16.6 Å². The first kappa shape index (κ1) is 12.4. The minimum Gasteiger partial charge on any atom is -0.476 e. The molecule has 1 heterocycles. The Bertz CT molecular complexity index is 540. The van der Waals surface area contributed by atoms with Crippen LogP contribution in [0.2, 0.25) is 0 Å². The Hall–Kier alpha value is -2.10. The standard InChI is InChI=1S/C14H17N3O/c1-10-11(2)17-14(9-16-10)18-8-7-12-5-3-4-6-13(12)15/h3-6,9H,7-8,15H2,1-2H3. The quantitative estimate of drug-likeness (QED) is 0.837. The van der Waals surface area contributed by atoms with Crippen LogP contribution >= 0.6 is 0 Å². The lowest BCUT2D eigenvalue weighted by Gasteiger charge is -2.08. The van der Waals surface area contributed by atoms with Crippen molar-refractivity contribution in [1.29, 1.82) is 0 Å². The van der Waals surface area contributed by atoms with Crippen LogP contribution in [0.4, 0.5) is 5.69 Å². The predicted molar refractivity (Wildman–Crippen MR) is 71.6 cm³/mol. The summed E-state index contributed by atoms with van der Waals surface area (Å²) in [6, 6.07) is 7.80. The van der Waals surface area contributed by atoms with E-state index in [9.17, 15) is 0 Å². The Kier molecular flexibility index (Phi) is 3.77. The zero-order valence-electron chi connectivity index (χ0n) is 10.7. The molecule has 0 aliphatic heterocycles. The van der Waals surface area contributed by atoms with Crippen molar-refractivity contribution in [1.82, 2.24) is 9.97 Å². The van der Waals surface area contributed by atoms with E-state index in [1.807, 2.05) is 38.1 Å². The summed E-state index contributed by atoms with van der Waals surface area (Å²) >= 11 is 0. The Balaban J connectivity index is 1.92. The number of aromatic nitrogens is 2. The van der Waals surface area contributed by atoms with Crippen LogP contribution in [0.15, 0.2) is 30.5 Å². The number of benzene rings is 1. The Morgan fingerprint density at radius 1 is 1.17 bits per heavy atom. The van der Waals surface area contributed by atoms with Crippen LogP contribution < -0.4 is 10.5 Å². The molecule has 0 aliphatic carbocycles. The van der Waals surface area contributed by atoms with Crippen molar-refractivity contribution < 1.29 is 4.74 Å². The second kappa shape index (κ2) is 5.49. The topological polar surface area (TPSA) is 61.0 Å². The number of para-hydroxylation sites is 1. The van der Waals surface area contributed by atoms with Gasteiger partial charge in [-0.3, -0.25) is 4.98 Å². The molecule has 0 saturated carbocycles. The first-order valence-corrected chi connectivity index (χ1v) is 5.93. The van der Waals surface area contributed by atoms with Gasteiger partial charge in [-0.05, 0) is 25.5 Å². The molecule has 2 aromatic rings. The Morgan fingerprint density at radius 2 is 1.94 bits per heavy atom. The van der Waals surface area contributed by atoms with Gasteiger partial charge >= 0.3 is 0 Å². The number of nitrogens with zero attached hydrogens (tertiary/aromatic N) is 2. The van der Waals surface area contributed by atoms with Gasteiger partial charge < -0.3 is 10.5 Å². The molecule has 0 radical (unpaired) electrons. The van der Waals surface area contributed by atoms with Gasteiger partial charge in [0, 0.05) is 12.1 Å². The maximum Gasteiger partial charge on any atom is 0.232 e. The Labute approximate surface area is 107 Å². The smallest absolute Gasteiger partial charge is 0.232 e. The highest BCUT2D eigenvalue weighted by atomic mass is 16.5. The summed E-state index contributed by atoms with van der Waals surface area (Å²) in [6.07, 6.45) is 2.41. The molecule has 0 bridgehead atoms. The van der Waals surface area contributed by atoms with Gasteiger partial charge in [0.15, 0.2) is 0 Å². The molecule has 0 fully saturated rings. The third kappa shape index (κ3) is 2.97. The average Bonchev–Trinajstić information content (AvgIpc) is 2.36. The van der Waals surface area contributed by atoms with E-state index >= 15 is 0 Å². The molecule has 0 amide bonds. The lowest BCUT2D eigenvalue weighted by Crippen LogP contribution is -2.06. The molecule has 2 rings (SSSR count). The number of ether oxygens (including phenoxy) is 1. The normalized spacial score (nSPS) is 10.3. The highest BCUT2D eigenvalue weighted by Gasteiger charge is 2.02. The lowest BCUT2D eigenvalue weighted by atomic mass is 10.1. The Morgan fingerprint density at radius 3 is 2.67 bits per heavy atom. The van der Waals surface area contributed by atoms with Crippen LogP contribution in [-0.2, 0) is 6.42 Å². The summed E-state index contributed by atoms with van der Waals surface area (Å²) in [7, 11) is 0. The van der Waals surface area contributed by atoms with Crippen LogP contribution in [0.5, 0.6) is 5.88 Å². The molecule has 2 N–H and O–H groups in total. The van der Waals surface area contributed by atoms with Crippen molar-refractivity contribution >= 4 is 5.69 Å². The molecule has 18 heavy (non-hydrogen) atoms. The second-order valence-corrected chi connectivity index (χ2v) is 4.18. The third-order valence-electron chi connectivity index (χ3n) is 2.85. The number of aryl methyl sites for hydroxylation is 2. The number of rotatable bonds is 4. The van der Waals surface area contributed by atoms with Crippen LogP contribution in [0.1, 0.15) is 17.0 Å². The molecule has 0 atom stereocenters. The van der Waals surface area contributed by atoms with Crippen molar-refractivity contribution in [3.8, 4) is 5.88 Å². The molecule has 0 unspecified atom stereocenters. The summed E-state index contributed by atoms with van der Waals surface area (Å²) < 4.78 is 5.57. The molecule has 1 aromatic carbocycles. The summed E-state index contributed by atoms with van der Waals surface area (Å²) in [6.45, 7) is 4.40. The van der Waals surface area contributed by atoms with Gasteiger partial charge in [0.25, 0.3) is 0 Å². The molecular weight excluding hydrogens is 226 g/mol. The maximum absolute atomic E-state index is 5.86. The fourth-order valence-corrected chi connectivity index (χ4v) is 1.62. The summed E-state index contributed by atoms with van der Waals surface area (Å²) in [5.74, 6) is 0.563. The van der Waals surface area contributed by atoms with Crippen LogP contribution in [0, 0.1) is 13.8 Å². The predicted octanol–water partition coefficient (Wildman–Crippen LogP) is 2.30. The van der Waals surface area contributed by atoms with E-state index in [1.54, 1.807) is 6.20 Å². The SMILES string of the molecule is Cc1ncc(OCCc2ccccc2N)nc1C. The number of nitrogen functional groups attached to an aromatic ring is 1. The summed E-state index contributed by atoms with van der Waals surface area (Å²) in [4.78, 5) is 8.52. The lowest BCUT2D eigenvalue weighted by molar-refractivity contribution is 0.307. The highest BCUT2D eigenvalue weighted by molar-refractivity contribution is 5.46. The molecule has 0 saturated heterocycles. The largest absolute Gasteiger partial charge is 0.476 e. The molecule has 0 spiro atoms. The summed E-state index contributed by atoms with van der Waals surface area (Å²) in [5, 5.41) is 0. The maximum atomic E-state index is 5.86. The highest BCUT2D eigenvalue weighted by Crippen LogP contribution is 2.12. The van der Waals surface area contributed by atoms with E-state index in [1.165, 1.54) is 0 Å². The van der Waals surface area contributed by atoms with Gasteiger partial charge in [-0.15, -0.1) is 0 Å². The zero-order valence-corrected chi connectivity index (χ0v) is 10.7. The molecule has 0 aliphatic rings. The molecular formula is C14H17N3O. The van der Waals surface area contributed by atoms with Crippen molar-refractivity contribution in [3.05, 3.63) is 47.4 Å². The van der Waals surface area contributed by atoms with Crippen molar-refractivity contribution in [2.45, 2.75) is 20.3 Å². The first-order chi connectivity index (χ1) is 8.66. The minimum atomic E-state index is 0.547.